The highest BCUT2D eigenvalue weighted by molar-refractivity contribution is 5.82. The summed E-state index contributed by atoms with van der Waals surface area (Å²) in [5.41, 5.74) is 0. The molecule has 92 valence electrons. The smallest absolute Gasteiger partial charge is 0.321 e. The van der Waals surface area contributed by atoms with Crippen molar-refractivity contribution >= 4 is 11.9 Å². The van der Waals surface area contributed by atoms with E-state index in [0.29, 0.717) is 6.54 Å². The molecule has 5 nitrogen and oxygen atoms in total. The number of amides is 1. The topological polar surface area (TPSA) is 69.6 Å². The molecule has 1 saturated heterocycles. The second kappa shape index (κ2) is 5.30. The van der Waals surface area contributed by atoms with Crippen molar-refractivity contribution in [1.29, 1.82) is 0 Å². The summed E-state index contributed by atoms with van der Waals surface area (Å²) >= 11 is 0. The lowest BCUT2D eigenvalue weighted by atomic mass is 9.89. The minimum absolute atomic E-state index is 0.0957. The summed E-state index contributed by atoms with van der Waals surface area (Å²) in [5, 5.41) is 11.8. The maximum atomic E-state index is 11.5. The van der Waals surface area contributed by atoms with Gasteiger partial charge in [0.2, 0.25) is 5.91 Å². The number of carbonyl (C=O) groups is 2. The van der Waals surface area contributed by atoms with Crippen molar-refractivity contribution in [1.82, 2.24) is 10.2 Å². The summed E-state index contributed by atoms with van der Waals surface area (Å²) < 4.78 is 0. The molecule has 0 aliphatic carbocycles. The zero-order chi connectivity index (χ0) is 12.3. The third kappa shape index (κ3) is 2.52. The minimum atomic E-state index is -0.831. The van der Waals surface area contributed by atoms with Crippen LogP contribution in [0.3, 0.4) is 0 Å². The Morgan fingerprint density at radius 2 is 2.12 bits per heavy atom. The SMILES string of the molecule is CNC(=O)C(C)N1CCCC(C)C1C(=O)O. The second-order valence-corrected chi connectivity index (χ2v) is 4.43. The van der Waals surface area contributed by atoms with Gasteiger partial charge in [0.15, 0.2) is 0 Å². The van der Waals surface area contributed by atoms with E-state index >= 15 is 0 Å². The Morgan fingerprint density at radius 1 is 1.50 bits per heavy atom. The van der Waals surface area contributed by atoms with E-state index in [1.807, 2.05) is 6.92 Å². The standard InChI is InChI=1S/C11H20N2O3/c1-7-5-4-6-13(9(7)11(15)16)8(2)10(14)12-3/h7-9H,4-6H2,1-3H3,(H,12,14)(H,15,16). The average Bonchev–Trinajstić information content (AvgIpc) is 2.26. The van der Waals surface area contributed by atoms with Crippen LogP contribution in [0.5, 0.6) is 0 Å². The number of nitrogens with one attached hydrogen (secondary N) is 1. The molecule has 0 radical (unpaired) electrons. The first-order valence-corrected chi connectivity index (χ1v) is 5.69. The van der Waals surface area contributed by atoms with E-state index in [0.717, 1.165) is 12.8 Å². The van der Waals surface area contributed by atoms with Gasteiger partial charge in [0.1, 0.15) is 6.04 Å². The summed E-state index contributed by atoms with van der Waals surface area (Å²) in [6.45, 7) is 4.37. The number of likely N-dealkylation sites (tertiary alicyclic amines) is 1. The highest BCUT2D eigenvalue weighted by Crippen LogP contribution is 2.25. The third-order valence-electron chi connectivity index (χ3n) is 3.35. The zero-order valence-corrected chi connectivity index (χ0v) is 10.1. The van der Waals surface area contributed by atoms with Gasteiger partial charge in [-0.05, 0) is 32.2 Å². The van der Waals surface area contributed by atoms with E-state index in [4.69, 9.17) is 0 Å². The first-order valence-electron chi connectivity index (χ1n) is 5.69. The van der Waals surface area contributed by atoms with Crippen LogP contribution in [-0.2, 0) is 9.59 Å². The van der Waals surface area contributed by atoms with Crippen molar-refractivity contribution in [3.8, 4) is 0 Å². The summed E-state index contributed by atoms with van der Waals surface area (Å²) in [4.78, 5) is 24.5. The van der Waals surface area contributed by atoms with E-state index in [2.05, 4.69) is 5.32 Å². The van der Waals surface area contributed by atoms with Gasteiger partial charge >= 0.3 is 5.97 Å². The summed E-state index contributed by atoms with van der Waals surface area (Å²) in [7, 11) is 1.57. The predicted molar refractivity (Wildman–Crippen MR) is 60.1 cm³/mol. The van der Waals surface area contributed by atoms with Crippen LogP contribution in [0.25, 0.3) is 0 Å². The first-order chi connectivity index (χ1) is 7.49. The molecule has 0 saturated carbocycles. The maximum Gasteiger partial charge on any atom is 0.321 e. The Kier molecular flexibility index (Phi) is 4.29. The number of carbonyl (C=O) groups excluding carboxylic acids is 1. The van der Waals surface area contributed by atoms with Crippen LogP contribution >= 0.6 is 0 Å². The molecular formula is C11H20N2O3. The minimum Gasteiger partial charge on any atom is -0.480 e. The van der Waals surface area contributed by atoms with Gasteiger partial charge in [-0.1, -0.05) is 6.92 Å². The Hall–Kier alpha value is -1.10. The molecule has 1 fully saturated rings. The Morgan fingerprint density at radius 3 is 2.62 bits per heavy atom. The fourth-order valence-electron chi connectivity index (χ4n) is 2.40. The number of likely N-dealkylation sites (N-methyl/N-ethyl adjacent to an activating group) is 1. The highest BCUT2D eigenvalue weighted by Gasteiger charge is 2.38. The van der Waals surface area contributed by atoms with E-state index in [9.17, 15) is 14.7 Å². The molecule has 1 aliphatic rings. The molecule has 1 heterocycles. The molecule has 0 aromatic rings. The number of piperidine rings is 1. The van der Waals surface area contributed by atoms with Crippen molar-refractivity contribution in [2.75, 3.05) is 13.6 Å². The molecule has 0 aromatic heterocycles. The van der Waals surface area contributed by atoms with Gasteiger partial charge < -0.3 is 10.4 Å². The maximum absolute atomic E-state index is 11.5. The lowest BCUT2D eigenvalue weighted by molar-refractivity contribution is -0.149. The van der Waals surface area contributed by atoms with Gasteiger partial charge in [0.25, 0.3) is 0 Å². The molecule has 2 N–H and O–H groups in total. The number of hydrogen-bond donors (Lipinski definition) is 2. The van der Waals surface area contributed by atoms with Gasteiger partial charge in [0.05, 0.1) is 6.04 Å². The second-order valence-electron chi connectivity index (χ2n) is 4.43. The quantitative estimate of drug-likeness (QED) is 0.729. The van der Waals surface area contributed by atoms with Crippen LogP contribution < -0.4 is 5.32 Å². The Balaban J connectivity index is 2.82. The van der Waals surface area contributed by atoms with Crippen molar-refractivity contribution in [3.63, 3.8) is 0 Å². The molecule has 0 bridgehead atoms. The van der Waals surface area contributed by atoms with Gasteiger partial charge in [-0.2, -0.15) is 0 Å². The molecule has 0 spiro atoms. The fraction of sp³-hybridized carbons (Fsp3) is 0.818. The number of rotatable bonds is 3. The fourth-order valence-corrected chi connectivity index (χ4v) is 2.40. The van der Waals surface area contributed by atoms with E-state index < -0.39 is 12.0 Å². The molecule has 1 amide bonds. The number of carboxylic acids is 1. The van der Waals surface area contributed by atoms with Crippen LogP contribution in [0.4, 0.5) is 0 Å². The molecular weight excluding hydrogens is 208 g/mol. The number of nitrogens with zero attached hydrogens (tertiary/aromatic N) is 1. The molecule has 16 heavy (non-hydrogen) atoms. The highest BCUT2D eigenvalue weighted by atomic mass is 16.4. The number of carboxylic acid groups (broad SMARTS) is 1. The molecule has 0 aromatic carbocycles. The largest absolute Gasteiger partial charge is 0.480 e. The normalized spacial score (nSPS) is 28.4. The van der Waals surface area contributed by atoms with E-state index in [-0.39, 0.29) is 17.9 Å². The Labute approximate surface area is 95.8 Å². The summed E-state index contributed by atoms with van der Waals surface area (Å²) in [6, 6.07) is -0.921. The monoisotopic (exact) mass is 228 g/mol. The van der Waals surface area contributed by atoms with Crippen molar-refractivity contribution < 1.29 is 14.7 Å². The molecule has 1 rings (SSSR count). The molecule has 1 aliphatic heterocycles. The van der Waals surface area contributed by atoms with Crippen LogP contribution in [0.2, 0.25) is 0 Å². The molecule has 5 heteroatoms. The van der Waals surface area contributed by atoms with Crippen LogP contribution in [0.1, 0.15) is 26.7 Å². The van der Waals surface area contributed by atoms with Crippen molar-refractivity contribution in [2.45, 2.75) is 38.8 Å². The third-order valence-corrected chi connectivity index (χ3v) is 3.35. The lowest BCUT2D eigenvalue weighted by Gasteiger charge is -2.40. The van der Waals surface area contributed by atoms with Gasteiger partial charge in [-0.25, -0.2) is 0 Å². The van der Waals surface area contributed by atoms with Gasteiger partial charge in [-0.3, -0.25) is 14.5 Å². The van der Waals surface area contributed by atoms with Crippen LogP contribution in [0, 0.1) is 5.92 Å². The Bertz CT molecular complexity index is 280. The summed E-state index contributed by atoms with van der Waals surface area (Å²) in [5.74, 6) is -0.860. The van der Waals surface area contributed by atoms with Crippen molar-refractivity contribution in [3.05, 3.63) is 0 Å². The van der Waals surface area contributed by atoms with Crippen LogP contribution in [0.15, 0.2) is 0 Å². The van der Waals surface area contributed by atoms with Crippen molar-refractivity contribution in [2.24, 2.45) is 5.92 Å². The number of aliphatic carboxylic acids is 1. The van der Waals surface area contributed by atoms with Gasteiger partial charge in [-0.15, -0.1) is 0 Å². The molecule has 3 atom stereocenters. The first kappa shape index (κ1) is 13.0. The lowest BCUT2D eigenvalue weighted by Crippen LogP contribution is -2.56. The van der Waals surface area contributed by atoms with E-state index in [1.165, 1.54) is 0 Å². The number of hydrogen-bond acceptors (Lipinski definition) is 3. The van der Waals surface area contributed by atoms with Gasteiger partial charge in [0, 0.05) is 7.05 Å². The summed E-state index contributed by atoms with van der Waals surface area (Å²) in [6.07, 6.45) is 1.86. The molecule has 3 unspecified atom stereocenters. The van der Waals surface area contributed by atoms with E-state index in [1.54, 1.807) is 18.9 Å². The average molecular weight is 228 g/mol. The predicted octanol–water partition coefficient (Wildman–Crippen LogP) is 0.306. The van der Waals surface area contributed by atoms with Crippen LogP contribution in [-0.4, -0.2) is 47.6 Å². The zero-order valence-electron chi connectivity index (χ0n) is 10.1.